The summed E-state index contributed by atoms with van der Waals surface area (Å²) >= 11 is 0. The van der Waals surface area contributed by atoms with Crippen molar-refractivity contribution in [2.45, 2.75) is 57.5 Å². The van der Waals surface area contributed by atoms with Crippen LogP contribution in [0.2, 0.25) is 0 Å². The van der Waals surface area contributed by atoms with Gasteiger partial charge in [0.1, 0.15) is 11.5 Å². The molecule has 116 valence electrons. The summed E-state index contributed by atoms with van der Waals surface area (Å²) in [5.41, 5.74) is 1.93. The van der Waals surface area contributed by atoms with Gasteiger partial charge in [0, 0.05) is 24.1 Å². The van der Waals surface area contributed by atoms with E-state index in [2.05, 4.69) is 14.9 Å². The Balaban J connectivity index is 1.66. The molecule has 1 aliphatic carbocycles. The molecule has 2 aromatic rings. The van der Waals surface area contributed by atoms with Crippen molar-refractivity contribution in [2.75, 3.05) is 6.54 Å². The molecular formula is C17H23N5. The van der Waals surface area contributed by atoms with Gasteiger partial charge < -0.3 is 4.98 Å². The van der Waals surface area contributed by atoms with Gasteiger partial charge in [-0.05, 0) is 45.2 Å². The number of hydrogen-bond donors (Lipinski definition) is 1. The Bertz CT molecular complexity index is 631. The fourth-order valence-electron chi connectivity index (χ4n) is 4.01. The first-order chi connectivity index (χ1) is 10.8. The van der Waals surface area contributed by atoms with Crippen LogP contribution in [-0.2, 0) is 0 Å². The van der Waals surface area contributed by atoms with Crippen molar-refractivity contribution in [3.05, 3.63) is 30.0 Å². The molecule has 4 rings (SSSR count). The lowest BCUT2D eigenvalue weighted by Crippen LogP contribution is -2.33. The fourth-order valence-corrected chi connectivity index (χ4v) is 4.01. The Morgan fingerprint density at radius 1 is 1.14 bits per heavy atom. The van der Waals surface area contributed by atoms with Crippen LogP contribution in [0, 0.1) is 6.92 Å². The van der Waals surface area contributed by atoms with Crippen molar-refractivity contribution in [1.82, 2.24) is 24.8 Å². The van der Waals surface area contributed by atoms with Crippen molar-refractivity contribution in [2.24, 2.45) is 0 Å². The molecule has 2 fully saturated rings. The number of likely N-dealkylation sites (tertiary alicyclic amines) is 1. The minimum Gasteiger partial charge on any atom is -0.343 e. The average Bonchev–Trinajstić information content (AvgIpc) is 3.26. The lowest BCUT2D eigenvalue weighted by atomic mass is 10.1. The van der Waals surface area contributed by atoms with E-state index in [-0.39, 0.29) is 0 Å². The molecule has 5 nitrogen and oxygen atoms in total. The third kappa shape index (κ3) is 2.54. The predicted octanol–water partition coefficient (Wildman–Crippen LogP) is 3.25. The minimum absolute atomic E-state index is 0.386. The molecule has 2 aliphatic rings. The summed E-state index contributed by atoms with van der Waals surface area (Å²) < 4.78 is 0. The van der Waals surface area contributed by atoms with Gasteiger partial charge in [0.05, 0.1) is 6.04 Å². The summed E-state index contributed by atoms with van der Waals surface area (Å²) in [5.74, 6) is 1.81. The van der Waals surface area contributed by atoms with Gasteiger partial charge in [-0.1, -0.05) is 12.8 Å². The zero-order valence-electron chi connectivity index (χ0n) is 13.1. The second-order valence-electron chi connectivity index (χ2n) is 6.52. The molecule has 1 N–H and O–H groups in total. The Hall–Kier alpha value is -1.75. The number of rotatable bonds is 3. The van der Waals surface area contributed by atoms with Crippen LogP contribution in [0.4, 0.5) is 0 Å². The van der Waals surface area contributed by atoms with Crippen LogP contribution < -0.4 is 0 Å². The number of aromatic amines is 1. The van der Waals surface area contributed by atoms with Gasteiger partial charge in [-0.2, -0.15) is 0 Å². The van der Waals surface area contributed by atoms with Gasteiger partial charge in [0.25, 0.3) is 0 Å². The second kappa shape index (κ2) is 5.80. The zero-order chi connectivity index (χ0) is 14.9. The lowest BCUT2D eigenvalue weighted by Gasteiger charge is -2.29. The number of nitrogens with zero attached hydrogens (tertiary/aromatic N) is 4. The van der Waals surface area contributed by atoms with E-state index in [0.717, 1.165) is 29.1 Å². The summed E-state index contributed by atoms with van der Waals surface area (Å²) in [6.07, 6.45) is 11.5. The fraction of sp³-hybridized carbons (Fsp3) is 0.588. The van der Waals surface area contributed by atoms with Crippen LogP contribution in [0.25, 0.3) is 11.5 Å². The Morgan fingerprint density at radius 3 is 2.77 bits per heavy atom. The van der Waals surface area contributed by atoms with E-state index >= 15 is 0 Å². The highest BCUT2D eigenvalue weighted by Crippen LogP contribution is 2.37. The van der Waals surface area contributed by atoms with Crippen LogP contribution in [-0.4, -0.2) is 37.4 Å². The minimum atomic E-state index is 0.386. The molecule has 0 radical (unpaired) electrons. The van der Waals surface area contributed by atoms with E-state index in [4.69, 9.17) is 9.97 Å². The highest BCUT2D eigenvalue weighted by atomic mass is 15.2. The first kappa shape index (κ1) is 13.9. The zero-order valence-corrected chi connectivity index (χ0v) is 13.1. The first-order valence-corrected chi connectivity index (χ1v) is 8.42. The van der Waals surface area contributed by atoms with Crippen LogP contribution in [0.1, 0.15) is 56.1 Å². The second-order valence-corrected chi connectivity index (χ2v) is 6.52. The lowest BCUT2D eigenvalue weighted by molar-refractivity contribution is 0.176. The van der Waals surface area contributed by atoms with E-state index in [9.17, 15) is 0 Å². The number of aryl methyl sites for hydroxylation is 1. The van der Waals surface area contributed by atoms with Gasteiger partial charge in [-0.25, -0.2) is 15.0 Å². The first-order valence-electron chi connectivity index (χ1n) is 8.42. The molecule has 0 aromatic carbocycles. The van der Waals surface area contributed by atoms with Crippen LogP contribution >= 0.6 is 0 Å². The largest absolute Gasteiger partial charge is 0.343 e. The standard InChI is InChI=1S/C17H23N5/c1-12-11-14(16-18-8-9-19-16)21-17(20-12)15-7-4-10-22(15)13-5-2-3-6-13/h8-9,11,13,15H,2-7,10H2,1H3,(H,18,19). The van der Waals surface area contributed by atoms with Gasteiger partial charge in [0.2, 0.25) is 0 Å². The molecule has 5 heteroatoms. The van der Waals surface area contributed by atoms with E-state index in [1.54, 1.807) is 6.20 Å². The smallest absolute Gasteiger partial charge is 0.156 e. The van der Waals surface area contributed by atoms with E-state index in [0.29, 0.717) is 6.04 Å². The molecule has 2 aromatic heterocycles. The van der Waals surface area contributed by atoms with E-state index in [1.807, 2.05) is 19.2 Å². The van der Waals surface area contributed by atoms with E-state index in [1.165, 1.54) is 45.1 Å². The molecule has 1 saturated carbocycles. The maximum atomic E-state index is 4.83. The number of imidazole rings is 1. The summed E-state index contributed by atoms with van der Waals surface area (Å²) in [7, 11) is 0. The SMILES string of the molecule is Cc1cc(-c2ncc[nH]2)nc(C2CCCN2C2CCCC2)n1. The number of nitrogens with one attached hydrogen (secondary N) is 1. The molecule has 0 amide bonds. The number of aromatic nitrogens is 4. The molecule has 22 heavy (non-hydrogen) atoms. The third-order valence-electron chi connectivity index (χ3n) is 5.00. The maximum absolute atomic E-state index is 4.83. The summed E-state index contributed by atoms with van der Waals surface area (Å²) in [6.45, 7) is 3.25. The number of H-pyrrole nitrogens is 1. The van der Waals surface area contributed by atoms with Gasteiger partial charge in [-0.15, -0.1) is 0 Å². The summed E-state index contributed by atoms with van der Waals surface area (Å²) in [5, 5.41) is 0. The maximum Gasteiger partial charge on any atom is 0.156 e. The highest BCUT2D eigenvalue weighted by Gasteiger charge is 2.34. The van der Waals surface area contributed by atoms with Crippen molar-refractivity contribution in [1.29, 1.82) is 0 Å². The van der Waals surface area contributed by atoms with Crippen LogP contribution in [0.3, 0.4) is 0 Å². The van der Waals surface area contributed by atoms with Gasteiger partial charge >= 0.3 is 0 Å². The molecule has 1 saturated heterocycles. The Labute approximate surface area is 131 Å². The van der Waals surface area contributed by atoms with Crippen molar-refractivity contribution in [3.8, 4) is 11.5 Å². The predicted molar refractivity (Wildman–Crippen MR) is 85.3 cm³/mol. The normalized spacial score (nSPS) is 23.4. The van der Waals surface area contributed by atoms with Crippen LogP contribution in [0.5, 0.6) is 0 Å². The molecule has 0 bridgehead atoms. The van der Waals surface area contributed by atoms with Gasteiger partial charge in [-0.3, -0.25) is 4.90 Å². The Morgan fingerprint density at radius 2 is 2.00 bits per heavy atom. The monoisotopic (exact) mass is 297 g/mol. The van der Waals surface area contributed by atoms with Crippen LogP contribution in [0.15, 0.2) is 18.5 Å². The van der Waals surface area contributed by atoms with Gasteiger partial charge in [0.15, 0.2) is 5.82 Å². The van der Waals surface area contributed by atoms with Crippen molar-refractivity contribution >= 4 is 0 Å². The average molecular weight is 297 g/mol. The molecular weight excluding hydrogens is 274 g/mol. The van der Waals surface area contributed by atoms with Crippen molar-refractivity contribution in [3.63, 3.8) is 0 Å². The van der Waals surface area contributed by atoms with Crippen molar-refractivity contribution < 1.29 is 0 Å². The molecule has 1 unspecified atom stereocenters. The van der Waals surface area contributed by atoms with E-state index < -0.39 is 0 Å². The molecule has 3 heterocycles. The summed E-state index contributed by atoms with van der Waals surface area (Å²) in [6, 6.07) is 3.14. The Kier molecular flexibility index (Phi) is 3.66. The number of hydrogen-bond acceptors (Lipinski definition) is 4. The topological polar surface area (TPSA) is 57.7 Å². The third-order valence-corrected chi connectivity index (χ3v) is 5.00. The highest BCUT2D eigenvalue weighted by molar-refractivity contribution is 5.49. The molecule has 0 spiro atoms. The molecule has 1 aliphatic heterocycles. The summed E-state index contributed by atoms with van der Waals surface area (Å²) in [4.78, 5) is 19.7. The molecule has 1 atom stereocenters. The quantitative estimate of drug-likeness (QED) is 0.944.